The minimum absolute atomic E-state index is 0.213. The highest BCUT2D eigenvalue weighted by molar-refractivity contribution is 5.81. The third-order valence-electron chi connectivity index (χ3n) is 2.55. The molecule has 0 unspecified atom stereocenters. The third kappa shape index (κ3) is 2.70. The van der Waals surface area contributed by atoms with Crippen molar-refractivity contribution >= 4 is 10.9 Å². The van der Waals surface area contributed by atoms with Gasteiger partial charge in [-0.3, -0.25) is 0 Å². The molecule has 2 aromatic rings. The lowest BCUT2D eigenvalue weighted by molar-refractivity contribution is 0.243. The van der Waals surface area contributed by atoms with Gasteiger partial charge in [0, 0.05) is 23.6 Å². The SMILES string of the molecule is C=C(C)Cn1ccc2cc(OC(C)C)ccc21. The first kappa shape index (κ1) is 11.8. The number of ether oxygens (including phenoxy) is 1. The molecule has 0 fully saturated rings. The first-order chi connectivity index (χ1) is 8.06. The molecule has 2 heteroatoms. The zero-order chi connectivity index (χ0) is 12.4. The molecule has 2 nitrogen and oxygen atoms in total. The number of aromatic nitrogens is 1. The van der Waals surface area contributed by atoms with E-state index in [0.717, 1.165) is 17.9 Å². The van der Waals surface area contributed by atoms with Crippen molar-refractivity contribution in [2.24, 2.45) is 0 Å². The highest BCUT2D eigenvalue weighted by Crippen LogP contribution is 2.23. The van der Waals surface area contributed by atoms with Crippen LogP contribution in [0.5, 0.6) is 5.75 Å². The van der Waals surface area contributed by atoms with Crippen molar-refractivity contribution in [3.05, 3.63) is 42.6 Å². The fourth-order valence-corrected chi connectivity index (χ4v) is 1.95. The van der Waals surface area contributed by atoms with E-state index in [-0.39, 0.29) is 6.10 Å². The van der Waals surface area contributed by atoms with Crippen LogP contribution in [0.15, 0.2) is 42.6 Å². The Balaban J connectivity index is 2.34. The minimum atomic E-state index is 0.213. The van der Waals surface area contributed by atoms with Crippen LogP contribution in [-0.4, -0.2) is 10.7 Å². The van der Waals surface area contributed by atoms with E-state index < -0.39 is 0 Å². The predicted octanol–water partition coefficient (Wildman–Crippen LogP) is 4.00. The molecule has 0 aliphatic carbocycles. The van der Waals surface area contributed by atoms with E-state index >= 15 is 0 Å². The van der Waals surface area contributed by atoms with Crippen molar-refractivity contribution in [3.63, 3.8) is 0 Å². The lowest BCUT2D eigenvalue weighted by atomic mass is 10.2. The Morgan fingerprint density at radius 3 is 2.76 bits per heavy atom. The first-order valence-electron chi connectivity index (χ1n) is 5.96. The van der Waals surface area contributed by atoms with Gasteiger partial charge in [0.05, 0.1) is 6.10 Å². The van der Waals surface area contributed by atoms with Crippen LogP contribution in [0.2, 0.25) is 0 Å². The van der Waals surface area contributed by atoms with Crippen molar-refractivity contribution < 1.29 is 4.74 Å². The number of hydrogen-bond acceptors (Lipinski definition) is 1. The second-order valence-corrected chi connectivity index (χ2v) is 4.79. The summed E-state index contributed by atoms with van der Waals surface area (Å²) in [5.41, 5.74) is 2.38. The summed E-state index contributed by atoms with van der Waals surface area (Å²) in [6.45, 7) is 10.9. The van der Waals surface area contributed by atoms with Gasteiger partial charge in [-0.2, -0.15) is 0 Å². The molecule has 0 saturated heterocycles. The van der Waals surface area contributed by atoms with Crippen LogP contribution in [0.25, 0.3) is 10.9 Å². The van der Waals surface area contributed by atoms with Crippen molar-refractivity contribution in [2.75, 3.05) is 0 Å². The van der Waals surface area contributed by atoms with Crippen LogP contribution in [0, 0.1) is 0 Å². The van der Waals surface area contributed by atoms with Crippen LogP contribution < -0.4 is 4.74 Å². The molecule has 0 bridgehead atoms. The first-order valence-corrected chi connectivity index (χ1v) is 5.96. The van der Waals surface area contributed by atoms with Crippen LogP contribution in [0.3, 0.4) is 0 Å². The smallest absolute Gasteiger partial charge is 0.120 e. The van der Waals surface area contributed by atoms with E-state index in [1.807, 2.05) is 26.8 Å². The van der Waals surface area contributed by atoms with Gasteiger partial charge in [-0.1, -0.05) is 12.2 Å². The Morgan fingerprint density at radius 1 is 1.35 bits per heavy atom. The Labute approximate surface area is 103 Å². The number of benzene rings is 1. The average Bonchev–Trinajstić information content (AvgIpc) is 2.59. The van der Waals surface area contributed by atoms with Crippen LogP contribution in [-0.2, 0) is 6.54 Å². The largest absolute Gasteiger partial charge is 0.491 e. The van der Waals surface area contributed by atoms with E-state index in [1.165, 1.54) is 10.9 Å². The van der Waals surface area contributed by atoms with Gasteiger partial charge in [0.25, 0.3) is 0 Å². The maximum absolute atomic E-state index is 5.69. The molecule has 1 aromatic heterocycles. The Kier molecular flexibility index (Phi) is 3.23. The molecule has 0 N–H and O–H groups in total. The molecule has 90 valence electrons. The average molecular weight is 229 g/mol. The van der Waals surface area contributed by atoms with E-state index in [4.69, 9.17) is 4.74 Å². The number of hydrogen-bond donors (Lipinski definition) is 0. The fraction of sp³-hybridized carbons (Fsp3) is 0.333. The summed E-state index contributed by atoms with van der Waals surface area (Å²) in [6.07, 6.45) is 2.31. The maximum Gasteiger partial charge on any atom is 0.120 e. The third-order valence-corrected chi connectivity index (χ3v) is 2.55. The highest BCUT2D eigenvalue weighted by atomic mass is 16.5. The molecule has 17 heavy (non-hydrogen) atoms. The molecule has 0 amide bonds. The van der Waals surface area contributed by atoms with Crippen molar-refractivity contribution in [3.8, 4) is 5.75 Å². The van der Waals surface area contributed by atoms with Crippen LogP contribution >= 0.6 is 0 Å². The number of nitrogens with zero attached hydrogens (tertiary/aromatic N) is 1. The Morgan fingerprint density at radius 2 is 2.12 bits per heavy atom. The number of fused-ring (bicyclic) bond motifs is 1. The van der Waals surface area contributed by atoms with Gasteiger partial charge in [0.2, 0.25) is 0 Å². The van der Waals surface area contributed by atoms with E-state index in [9.17, 15) is 0 Å². The molecule has 1 aromatic carbocycles. The zero-order valence-electron chi connectivity index (χ0n) is 10.7. The molecule has 0 aliphatic heterocycles. The summed E-state index contributed by atoms with van der Waals surface area (Å²) in [4.78, 5) is 0. The summed E-state index contributed by atoms with van der Waals surface area (Å²) in [5, 5.41) is 1.21. The molecule has 1 heterocycles. The van der Waals surface area contributed by atoms with E-state index in [1.54, 1.807) is 0 Å². The summed E-state index contributed by atoms with van der Waals surface area (Å²) in [5.74, 6) is 0.931. The van der Waals surface area contributed by atoms with Crippen molar-refractivity contribution in [1.29, 1.82) is 0 Å². The van der Waals surface area contributed by atoms with Crippen LogP contribution in [0.1, 0.15) is 20.8 Å². The fourth-order valence-electron chi connectivity index (χ4n) is 1.95. The summed E-state index contributed by atoms with van der Waals surface area (Å²) < 4.78 is 7.89. The standard InChI is InChI=1S/C15H19NO/c1-11(2)10-16-8-7-13-9-14(17-12(3)4)5-6-15(13)16/h5-9,12H,1,10H2,2-4H3. The molecule has 0 saturated carbocycles. The van der Waals surface area contributed by atoms with E-state index in [2.05, 4.69) is 35.5 Å². The molecular weight excluding hydrogens is 210 g/mol. The second-order valence-electron chi connectivity index (χ2n) is 4.79. The summed E-state index contributed by atoms with van der Waals surface area (Å²) in [7, 11) is 0. The quantitative estimate of drug-likeness (QED) is 0.723. The number of rotatable bonds is 4. The van der Waals surface area contributed by atoms with Gasteiger partial charge in [-0.25, -0.2) is 0 Å². The van der Waals surface area contributed by atoms with Gasteiger partial charge in [-0.15, -0.1) is 0 Å². The molecule has 0 spiro atoms. The molecule has 0 radical (unpaired) electrons. The molecule has 0 atom stereocenters. The summed E-state index contributed by atoms with van der Waals surface area (Å²) in [6, 6.07) is 8.34. The topological polar surface area (TPSA) is 14.2 Å². The lowest BCUT2D eigenvalue weighted by Crippen LogP contribution is -2.05. The van der Waals surface area contributed by atoms with Crippen molar-refractivity contribution in [2.45, 2.75) is 33.4 Å². The summed E-state index contributed by atoms with van der Waals surface area (Å²) >= 11 is 0. The van der Waals surface area contributed by atoms with Crippen molar-refractivity contribution in [1.82, 2.24) is 4.57 Å². The lowest BCUT2D eigenvalue weighted by Gasteiger charge is -2.10. The van der Waals surface area contributed by atoms with Gasteiger partial charge in [0.1, 0.15) is 5.75 Å². The van der Waals surface area contributed by atoms with Gasteiger partial charge >= 0.3 is 0 Å². The molecule has 2 rings (SSSR count). The highest BCUT2D eigenvalue weighted by Gasteiger charge is 2.04. The molecular formula is C15H19NO. The zero-order valence-corrected chi connectivity index (χ0v) is 10.7. The normalized spacial score (nSPS) is 11.1. The monoisotopic (exact) mass is 229 g/mol. The Bertz CT molecular complexity index is 537. The van der Waals surface area contributed by atoms with Gasteiger partial charge in [-0.05, 0) is 45.0 Å². The number of allylic oxidation sites excluding steroid dienone is 1. The second kappa shape index (κ2) is 4.66. The molecule has 0 aliphatic rings. The van der Waals surface area contributed by atoms with E-state index in [0.29, 0.717) is 0 Å². The maximum atomic E-state index is 5.69. The van der Waals surface area contributed by atoms with Gasteiger partial charge < -0.3 is 9.30 Å². The van der Waals surface area contributed by atoms with Crippen LogP contribution in [0.4, 0.5) is 0 Å². The van der Waals surface area contributed by atoms with Gasteiger partial charge in [0.15, 0.2) is 0 Å². The Hall–Kier alpha value is -1.70. The predicted molar refractivity (Wildman–Crippen MR) is 72.5 cm³/mol. The minimum Gasteiger partial charge on any atom is -0.491 e.